The third kappa shape index (κ3) is 2.31. The molecule has 0 aliphatic rings. The van der Waals surface area contributed by atoms with Crippen molar-refractivity contribution in [2.45, 2.75) is 0 Å². The van der Waals surface area contributed by atoms with Crippen molar-refractivity contribution in [2.24, 2.45) is 0 Å². The van der Waals surface area contributed by atoms with Gasteiger partial charge in [0, 0.05) is 12.4 Å². The summed E-state index contributed by atoms with van der Waals surface area (Å²) in [4.78, 5) is 13.7. The molecule has 0 amide bonds. The van der Waals surface area contributed by atoms with Crippen molar-refractivity contribution in [1.29, 1.82) is 5.26 Å². The van der Waals surface area contributed by atoms with Gasteiger partial charge < -0.3 is 0 Å². The molecule has 0 radical (unpaired) electrons. The minimum atomic E-state index is 0.0856. The minimum Gasteiger partial charge on any atom is -0.206 e. The maximum Gasteiger partial charge on any atom is 0.255 e. The van der Waals surface area contributed by atoms with E-state index in [1.165, 1.54) is 16.0 Å². The number of hydrogen-bond acceptors (Lipinski definition) is 6. The lowest BCUT2D eigenvalue weighted by molar-refractivity contribution is 0.798. The molecule has 3 rings (SSSR count). The first-order valence-corrected chi connectivity index (χ1v) is 6.37. The first-order valence-electron chi connectivity index (χ1n) is 5.18. The van der Waals surface area contributed by atoms with E-state index in [9.17, 15) is 0 Å². The predicted molar refractivity (Wildman–Crippen MR) is 70.0 cm³/mol. The Hall–Kier alpha value is -2.30. The lowest BCUT2D eigenvalue weighted by atomic mass is 10.4. The highest BCUT2D eigenvalue weighted by molar-refractivity contribution is 7.15. The molecule has 0 atom stereocenters. The summed E-state index contributed by atoms with van der Waals surface area (Å²) in [5, 5.41) is 12.9. The molecule has 0 spiro atoms. The third-order valence-electron chi connectivity index (χ3n) is 2.24. The van der Waals surface area contributed by atoms with Gasteiger partial charge in [-0.05, 0) is 29.8 Å². The topological polar surface area (TPSA) is 80.3 Å². The molecule has 3 heterocycles. The van der Waals surface area contributed by atoms with Gasteiger partial charge in [-0.2, -0.15) is 25.3 Å². The van der Waals surface area contributed by atoms with E-state index in [4.69, 9.17) is 16.9 Å². The van der Waals surface area contributed by atoms with E-state index in [0.717, 1.165) is 4.88 Å². The van der Waals surface area contributed by atoms with E-state index in [-0.39, 0.29) is 5.28 Å². The van der Waals surface area contributed by atoms with Crippen molar-refractivity contribution in [3.05, 3.63) is 40.8 Å². The first kappa shape index (κ1) is 11.8. The lowest BCUT2D eigenvalue weighted by Crippen LogP contribution is -2.04. The van der Waals surface area contributed by atoms with Gasteiger partial charge in [-0.3, -0.25) is 0 Å². The van der Waals surface area contributed by atoms with Crippen LogP contribution in [0.5, 0.6) is 0 Å². The van der Waals surface area contributed by atoms with E-state index in [2.05, 4.69) is 26.1 Å². The van der Waals surface area contributed by atoms with Crippen molar-refractivity contribution >= 4 is 22.9 Å². The van der Waals surface area contributed by atoms with Gasteiger partial charge in [-0.25, -0.2) is 4.68 Å². The highest BCUT2D eigenvalue weighted by Gasteiger charge is 2.11. The second kappa shape index (κ2) is 4.76. The summed E-state index contributed by atoms with van der Waals surface area (Å²) in [6, 6.07) is 7.32. The van der Waals surface area contributed by atoms with Gasteiger partial charge in [0.25, 0.3) is 5.95 Å². The third-order valence-corrected chi connectivity index (χ3v) is 3.40. The maximum atomic E-state index is 8.82. The number of halogens is 1. The van der Waals surface area contributed by atoms with Crippen molar-refractivity contribution < 1.29 is 0 Å². The average Bonchev–Trinajstić information content (AvgIpc) is 3.09. The second-order valence-electron chi connectivity index (χ2n) is 3.45. The number of thiophene rings is 1. The predicted octanol–water partition coefficient (Wildman–Crippen LogP) is 2.31. The van der Waals surface area contributed by atoms with Gasteiger partial charge in [0.15, 0.2) is 5.82 Å². The Morgan fingerprint density at radius 1 is 1.26 bits per heavy atom. The Bertz CT molecular complexity index is 758. The zero-order chi connectivity index (χ0) is 13.2. The van der Waals surface area contributed by atoms with E-state index < -0.39 is 0 Å². The molecule has 19 heavy (non-hydrogen) atoms. The molecular formula is C11H5ClN6S. The molecule has 0 bridgehead atoms. The maximum absolute atomic E-state index is 8.82. The number of hydrogen-bond donors (Lipinski definition) is 0. The van der Waals surface area contributed by atoms with Crippen LogP contribution in [0, 0.1) is 11.3 Å². The number of aromatic nitrogens is 5. The SMILES string of the molecule is N#Cc1ccc(-c2nc(Cl)nc(-n3cccn3)n2)s1. The van der Waals surface area contributed by atoms with Gasteiger partial charge in [-0.1, -0.05) is 0 Å². The fraction of sp³-hybridized carbons (Fsp3) is 0. The van der Waals surface area contributed by atoms with Crippen LogP contribution >= 0.6 is 22.9 Å². The smallest absolute Gasteiger partial charge is 0.206 e. The highest BCUT2D eigenvalue weighted by Crippen LogP contribution is 2.25. The summed E-state index contributed by atoms with van der Waals surface area (Å²) >= 11 is 7.19. The van der Waals surface area contributed by atoms with E-state index in [0.29, 0.717) is 16.6 Å². The van der Waals surface area contributed by atoms with Gasteiger partial charge in [0.2, 0.25) is 5.28 Å². The van der Waals surface area contributed by atoms with E-state index >= 15 is 0 Å². The Labute approximate surface area is 117 Å². The van der Waals surface area contributed by atoms with Crippen LogP contribution in [-0.2, 0) is 0 Å². The quantitative estimate of drug-likeness (QED) is 0.723. The highest BCUT2D eigenvalue weighted by atomic mass is 35.5. The van der Waals surface area contributed by atoms with Gasteiger partial charge in [0.05, 0.1) is 4.88 Å². The molecule has 0 saturated heterocycles. The Morgan fingerprint density at radius 3 is 2.84 bits per heavy atom. The van der Waals surface area contributed by atoms with Crippen LogP contribution in [0.4, 0.5) is 0 Å². The molecule has 8 heteroatoms. The van der Waals surface area contributed by atoms with Crippen LogP contribution in [0.1, 0.15) is 4.88 Å². The molecule has 6 nitrogen and oxygen atoms in total. The zero-order valence-electron chi connectivity index (χ0n) is 9.36. The normalized spacial score (nSPS) is 10.3. The largest absolute Gasteiger partial charge is 0.255 e. The molecule has 0 aromatic carbocycles. The van der Waals surface area contributed by atoms with Crippen LogP contribution in [-0.4, -0.2) is 24.7 Å². The van der Waals surface area contributed by atoms with Crippen LogP contribution in [0.3, 0.4) is 0 Å². The Morgan fingerprint density at radius 2 is 2.16 bits per heavy atom. The summed E-state index contributed by atoms with van der Waals surface area (Å²) in [5.41, 5.74) is 0. The Balaban J connectivity index is 2.10. The van der Waals surface area contributed by atoms with Gasteiger partial charge in [0.1, 0.15) is 10.9 Å². The minimum absolute atomic E-state index is 0.0856. The Kier molecular flexibility index (Phi) is 2.95. The molecule has 0 N–H and O–H groups in total. The van der Waals surface area contributed by atoms with Crippen molar-refractivity contribution in [3.63, 3.8) is 0 Å². The van der Waals surface area contributed by atoms with Crippen LogP contribution in [0.15, 0.2) is 30.6 Å². The molecule has 3 aromatic rings. The molecule has 0 aliphatic carbocycles. The van der Waals surface area contributed by atoms with Crippen LogP contribution in [0.2, 0.25) is 5.28 Å². The molecule has 0 saturated carbocycles. The number of rotatable bonds is 2. The van der Waals surface area contributed by atoms with Gasteiger partial charge in [-0.15, -0.1) is 11.3 Å². The summed E-state index contributed by atoms with van der Waals surface area (Å²) in [5.74, 6) is 0.768. The average molecular weight is 289 g/mol. The van der Waals surface area contributed by atoms with Crippen molar-refractivity contribution in [2.75, 3.05) is 0 Å². The summed E-state index contributed by atoms with van der Waals surface area (Å²) in [6.45, 7) is 0. The molecule has 0 aliphatic heterocycles. The van der Waals surface area contributed by atoms with E-state index in [1.807, 2.05) is 0 Å². The monoisotopic (exact) mass is 288 g/mol. The van der Waals surface area contributed by atoms with E-state index in [1.54, 1.807) is 30.6 Å². The lowest BCUT2D eigenvalue weighted by Gasteiger charge is -2.02. The van der Waals surface area contributed by atoms with Crippen molar-refractivity contribution in [1.82, 2.24) is 24.7 Å². The molecule has 92 valence electrons. The van der Waals surface area contributed by atoms with Crippen molar-refractivity contribution in [3.8, 4) is 22.7 Å². The standard InChI is InChI=1S/C11H5ClN6S/c12-10-15-9(8-3-2-7(6-13)19-8)16-11(17-10)18-5-1-4-14-18/h1-5H. The number of nitrogens with zero attached hydrogens (tertiary/aromatic N) is 6. The fourth-order valence-electron chi connectivity index (χ4n) is 1.46. The number of nitriles is 1. The van der Waals surface area contributed by atoms with Crippen LogP contribution in [0.25, 0.3) is 16.6 Å². The second-order valence-corrected chi connectivity index (χ2v) is 4.88. The summed E-state index contributed by atoms with van der Waals surface area (Å²) in [7, 11) is 0. The molecule has 0 unspecified atom stereocenters. The molecular weight excluding hydrogens is 284 g/mol. The molecule has 0 fully saturated rings. The first-order chi connectivity index (χ1) is 9.26. The fourth-order valence-corrected chi connectivity index (χ4v) is 2.35. The van der Waals surface area contributed by atoms with Crippen LogP contribution < -0.4 is 0 Å². The zero-order valence-corrected chi connectivity index (χ0v) is 10.9. The van der Waals surface area contributed by atoms with Gasteiger partial charge >= 0.3 is 0 Å². The summed E-state index contributed by atoms with van der Waals surface area (Å²) in [6.07, 6.45) is 3.33. The molecule has 3 aromatic heterocycles. The summed E-state index contributed by atoms with van der Waals surface area (Å²) < 4.78 is 1.50.